The Morgan fingerprint density at radius 1 is 1.55 bits per heavy atom. The van der Waals surface area contributed by atoms with Crippen molar-refractivity contribution in [3.05, 3.63) is 17.0 Å². The first kappa shape index (κ1) is 15.4. The summed E-state index contributed by atoms with van der Waals surface area (Å²) in [5.41, 5.74) is 0. The molecular weight excluding hydrogens is 300 g/mol. The van der Waals surface area contributed by atoms with Gasteiger partial charge in [-0.05, 0) is 37.6 Å². The van der Waals surface area contributed by atoms with Gasteiger partial charge in [-0.15, -0.1) is 11.3 Å². The highest BCUT2D eigenvalue weighted by Gasteiger charge is 2.24. The van der Waals surface area contributed by atoms with E-state index in [0.29, 0.717) is 12.5 Å². The van der Waals surface area contributed by atoms with Gasteiger partial charge in [0.15, 0.2) is 0 Å². The molecule has 0 spiro atoms. The van der Waals surface area contributed by atoms with Gasteiger partial charge < -0.3 is 10.0 Å². The number of carboxylic acids is 1. The summed E-state index contributed by atoms with van der Waals surface area (Å²) in [5.74, 6) is -0.783. The molecule has 1 fully saturated rings. The van der Waals surface area contributed by atoms with Gasteiger partial charge in [0.2, 0.25) is 10.0 Å². The lowest BCUT2D eigenvalue weighted by molar-refractivity contribution is 0.0702. The average Bonchev–Trinajstić information content (AvgIpc) is 3.05. The van der Waals surface area contributed by atoms with Gasteiger partial charge in [0.25, 0.3) is 0 Å². The van der Waals surface area contributed by atoms with Crippen LogP contribution >= 0.6 is 11.3 Å². The largest absolute Gasteiger partial charge is 0.477 e. The van der Waals surface area contributed by atoms with Crippen molar-refractivity contribution in [1.29, 1.82) is 0 Å². The van der Waals surface area contributed by atoms with E-state index in [-0.39, 0.29) is 9.09 Å². The SMILES string of the molecule is CCN1CCC(CNS(=O)(=O)c2ccc(C(=O)O)s2)C1. The van der Waals surface area contributed by atoms with Crippen LogP contribution in [0.25, 0.3) is 0 Å². The van der Waals surface area contributed by atoms with Crippen molar-refractivity contribution in [3.8, 4) is 0 Å². The van der Waals surface area contributed by atoms with E-state index in [1.54, 1.807) is 0 Å². The molecule has 1 aromatic rings. The van der Waals surface area contributed by atoms with Crippen molar-refractivity contribution >= 4 is 27.3 Å². The summed E-state index contributed by atoms with van der Waals surface area (Å²) < 4.78 is 26.8. The lowest BCUT2D eigenvalue weighted by Gasteiger charge is -2.13. The van der Waals surface area contributed by atoms with Gasteiger partial charge in [-0.2, -0.15) is 0 Å². The van der Waals surface area contributed by atoms with Crippen LogP contribution in [0.5, 0.6) is 0 Å². The standard InChI is InChI=1S/C12H18N2O4S2/c1-2-14-6-5-9(8-14)7-13-20(17,18)11-4-3-10(19-11)12(15)16/h3-4,9,13H,2,5-8H2,1H3,(H,15,16). The van der Waals surface area contributed by atoms with E-state index >= 15 is 0 Å². The zero-order chi connectivity index (χ0) is 14.8. The Balaban J connectivity index is 1.95. The minimum atomic E-state index is -3.60. The van der Waals surface area contributed by atoms with Crippen LogP contribution in [-0.2, 0) is 10.0 Å². The van der Waals surface area contributed by atoms with Gasteiger partial charge in [0.1, 0.15) is 9.09 Å². The van der Waals surface area contributed by atoms with Crippen molar-refractivity contribution in [2.24, 2.45) is 5.92 Å². The lowest BCUT2D eigenvalue weighted by atomic mass is 10.1. The predicted molar refractivity (Wildman–Crippen MR) is 76.7 cm³/mol. The molecule has 20 heavy (non-hydrogen) atoms. The van der Waals surface area contributed by atoms with Gasteiger partial charge in [0, 0.05) is 13.1 Å². The summed E-state index contributed by atoms with van der Waals surface area (Å²) in [5, 5.41) is 8.81. The zero-order valence-electron chi connectivity index (χ0n) is 11.2. The number of rotatable bonds is 6. The molecule has 1 atom stereocenters. The molecule has 1 aromatic heterocycles. The first-order valence-electron chi connectivity index (χ1n) is 6.47. The molecule has 2 heterocycles. The quantitative estimate of drug-likeness (QED) is 0.819. The topological polar surface area (TPSA) is 86.7 Å². The second-order valence-electron chi connectivity index (χ2n) is 4.82. The van der Waals surface area contributed by atoms with Crippen LogP contribution in [0.1, 0.15) is 23.0 Å². The van der Waals surface area contributed by atoms with E-state index < -0.39 is 16.0 Å². The Bertz CT molecular complexity index is 582. The summed E-state index contributed by atoms with van der Waals surface area (Å²) in [6.45, 7) is 5.38. The van der Waals surface area contributed by atoms with Crippen molar-refractivity contribution in [2.45, 2.75) is 17.6 Å². The molecule has 8 heteroatoms. The van der Waals surface area contributed by atoms with Crippen molar-refractivity contribution in [1.82, 2.24) is 9.62 Å². The number of likely N-dealkylation sites (tertiary alicyclic amines) is 1. The summed E-state index contributed by atoms with van der Waals surface area (Å²) >= 11 is 0.775. The third kappa shape index (κ3) is 3.57. The highest BCUT2D eigenvalue weighted by Crippen LogP contribution is 2.22. The number of nitrogens with one attached hydrogen (secondary N) is 1. The molecule has 1 aliphatic heterocycles. The number of aromatic carboxylic acids is 1. The van der Waals surface area contributed by atoms with Crippen LogP contribution < -0.4 is 4.72 Å². The minimum Gasteiger partial charge on any atom is -0.477 e. The molecule has 0 aromatic carbocycles. The maximum absolute atomic E-state index is 12.1. The maximum Gasteiger partial charge on any atom is 0.345 e. The zero-order valence-corrected chi connectivity index (χ0v) is 12.8. The molecule has 1 unspecified atom stereocenters. The van der Waals surface area contributed by atoms with Crippen molar-refractivity contribution in [2.75, 3.05) is 26.2 Å². The van der Waals surface area contributed by atoms with Crippen LogP contribution in [0.15, 0.2) is 16.3 Å². The Morgan fingerprint density at radius 2 is 2.30 bits per heavy atom. The molecule has 1 aliphatic rings. The van der Waals surface area contributed by atoms with E-state index in [0.717, 1.165) is 37.4 Å². The van der Waals surface area contributed by atoms with E-state index in [4.69, 9.17) is 5.11 Å². The highest BCUT2D eigenvalue weighted by molar-refractivity contribution is 7.91. The number of carbonyl (C=O) groups is 1. The molecule has 0 amide bonds. The number of sulfonamides is 1. The van der Waals surface area contributed by atoms with Crippen LogP contribution in [0, 0.1) is 5.92 Å². The fourth-order valence-corrected chi connectivity index (χ4v) is 4.55. The van der Waals surface area contributed by atoms with Crippen LogP contribution in [0.2, 0.25) is 0 Å². The molecule has 2 N–H and O–H groups in total. The number of nitrogens with zero attached hydrogens (tertiary/aromatic N) is 1. The summed E-state index contributed by atoms with van der Waals surface area (Å²) in [6, 6.07) is 2.65. The third-order valence-electron chi connectivity index (χ3n) is 3.44. The first-order valence-corrected chi connectivity index (χ1v) is 8.77. The normalized spacial score (nSPS) is 20.4. The Morgan fingerprint density at radius 3 is 2.85 bits per heavy atom. The van der Waals surface area contributed by atoms with E-state index in [9.17, 15) is 13.2 Å². The summed E-state index contributed by atoms with van der Waals surface area (Å²) in [4.78, 5) is 13.1. The van der Waals surface area contributed by atoms with Gasteiger partial charge in [-0.3, -0.25) is 0 Å². The lowest BCUT2D eigenvalue weighted by Crippen LogP contribution is -2.30. The molecule has 6 nitrogen and oxygen atoms in total. The molecule has 0 radical (unpaired) electrons. The van der Waals surface area contributed by atoms with Crippen molar-refractivity contribution < 1.29 is 18.3 Å². The molecule has 0 saturated carbocycles. The highest BCUT2D eigenvalue weighted by atomic mass is 32.2. The van der Waals surface area contributed by atoms with Gasteiger partial charge in [0.05, 0.1) is 0 Å². The average molecular weight is 318 g/mol. The second kappa shape index (κ2) is 6.21. The molecule has 1 saturated heterocycles. The van der Waals surface area contributed by atoms with Crippen LogP contribution in [-0.4, -0.2) is 50.6 Å². The summed E-state index contributed by atoms with van der Waals surface area (Å²) in [6.07, 6.45) is 0.987. The number of carboxylic acid groups (broad SMARTS) is 1. The van der Waals surface area contributed by atoms with Crippen LogP contribution in [0.3, 0.4) is 0 Å². The minimum absolute atomic E-state index is 0.0309. The van der Waals surface area contributed by atoms with E-state index in [2.05, 4.69) is 16.5 Å². The van der Waals surface area contributed by atoms with Gasteiger partial charge in [-0.1, -0.05) is 6.92 Å². The van der Waals surface area contributed by atoms with Crippen LogP contribution in [0.4, 0.5) is 0 Å². The third-order valence-corrected chi connectivity index (χ3v) is 6.42. The first-order chi connectivity index (χ1) is 9.42. The monoisotopic (exact) mass is 318 g/mol. The molecular formula is C12H18N2O4S2. The molecule has 0 bridgehead atoms. The Kier molecular flexibility index (Phi) is 4.79. The second-order valence-corrected chi connectivity index (χ2v) is 7.90. The van der Waals surface area contributed by atoms with E-state index in [1.165, 1.54) is 12.1 Å². The number of hydrogen-bond acceptors (Lipinski definition) is 5. The van der Waals surface area contributed by atoms with Gasteiger partial charge in [-0.25, -0.2) is 17.9 Å². The van der Waals surface area contributed by atoms with Gasteiger partial charge >= 0.3 is 5.97 Å². The fraction of sp³-hybridized carbons (Fsp3) is 0.583. The molecule has 2 rings (SSSR count). The Hall–Kier alpha value is -0.960. The van der Waals surface area contributed by atoms with Crippen molar-refractivity contribution in [3.63, 3.8) is 0 Å². The number of thiophene rings is 1. The van der Waals surface area contributed by atoms with E-state index in [1.807, 2.05) is 0 Å². The Labute approximate surface area is 122 Å². The smallest absolute Gasteiger partial charge is 0.345 e. The molecule has 0 aliphatic carbocycles. The fourth-order valence-electron chi connectivity index (χ4n) is 2.24. The maximum atomic E-state index is 12.1. The summed E-state index contributed by atoms with van der Waals surface area (Å²) in [7, 11) is -3.60. The predicted octanol–water partition coefficient (Wildman–Crippen LogP) is 1.07. The molecule has 112 valence electrons. The number of hydrogen-bond donors (Lipinski definition) is 2.